The summed E-state index contributed by atoms with van der Waals surface area (Å²) in [7, 11) is 0. The van der Waals surface area contributed by atoms with Crippen LogP contribution in [0, 0.1) is 0 Å². The summed E-state index contributed by atoms with van der Waals surface area (Å²) in [5, 5.41) is 0. The fraction of sp³-hybridized carbons (Fsp3) is 1.00. The highest BCUT2D eigenvalue weighted by Crippen LogP contribution is 2.66. The van der Waals surface area contributed by atoms with Crippen molar-refractivity contribution in [3.05, 3.63) is 0 Å². The van der Waals surface area contributed by atoms with Crippen LogP contribution in [0.1, 0.15) is 0 Å². The second kappa shape index (κ2) is 7.01. The van der Waals surface area contributed by atoms with Crippen molar-refractivity contribution in [2.24, 2.45) is 0 Å². The molecule has 31 heavy (non-hydrogen) atoms. The van der Waals surface area contributed by atoms with Crippen molar-refractivity contribution in [2.45, 2.75) is 60.0 Å². The zero-order valence-corrected chi connectivity index (χ0v) is 13.0. The van der Waals surface area contributed by atoms with Gasteiger partial charge in [-0.3, -0.25) is 0 Å². The molecule has 0 aromatic rings. The predicted molar refractivity (Wildman–Crippen MR) is 51.6 cm³/mol. The Morgan fingerprint density at radius 1 is 0.323 bits per heavy atom. The Morgan fingerprint density at radius 2 is 0.548 bits per heavy atom. The fourth-order valence-corrected chi connectivity index (χ4v) is 1.67. The van der Waals surface area contributed by atoms with Crippen molar-refractivity contribution >= 4 is 0 Å². The second-order valence-electron chi connectivity index (χ2n) is 5.45. The number of alkyl halides is 21. The summed E-state index contributed by atoms with van der Waals surface area (Å²) in [6.45, 7) is 0. The summed E-state index contributed by atoms with van der Waals surface area (Å²) in [4.78, 5) is 0. The minimum atomic E-state index is -9.20. The Hall–Kier alpha value is -1.47. The Balaban J connectivity index is 7.11. The topological polar surface area (TPSA) is 0 Å². The van der Waals surface area contributed by atoms with Crippen LogP contribution in [0.15, 0.2) is 0 Å². The summed E-state index contributed by atoms with van der Waals surface area (Å²) in [6.07, 6.45) is -22.9. The lowest BCUT2D eigenvalue weighted by atomic mass is 9.83. The fourth-order valence-electron chi connectivity index (χ4n) is 1.67. The van der Waals surface area contributed by atoms with E-state index in [2.05, 4.69) is 0 Å². The minimum Gasteiger partial charge on any atom is -0.216 e. The number of hydrogen-bond acceptors (Lipinski definition) is 0. The molecule has 0 amide bonds. The predicted octanol–water partition coefficient (Wildman–Crippen LogP) is 6.90. The van der Waals surface area contributed by atoms with E-state index < -0.39 is 60.0 Å². The number of hydrogen-bond donors (Lipinski definition) is 0. The molecule has 0 heterocycles. The summed E-state index contributed by atoms with van der Waals surface area (Å²) in [5.41, 5.74) is -8.85. The standard InChI is InChI=1S/C10HF21/c11-1(12)2(13,14)4(16,17)6(20,21)8(24,25)7(22,23)5(18,19)3(15,9(26,27)28)10(29,30)31/h1H. The van der Waals surface area contributed by atoms with Crippen LogP contribution in [-0.2, 0) is 0 Å². The lowest BCUT2D eigenvalue weighted by Gasteiger charge is -2.44. The van der Waals surface area contributed by atoms with Gasteiger partial charge in [-0.15, -0.1) is 0 Å². The van der Waals surface area contributed by atoms with Crippen molar-refractivity contribution in [1.29, 1.82) is 0 Å². The molecule has 0 aliphatic rings. The number of halogens is 21. The van der Waals surface area contributed by atoms with Gasteiger partial charge in [0.1, 0.15) is 0 Å². The second-order valence-corrected chi connectivity index (χ2v) is 5.45. The van der Waals surface area contributed by atoms with Crippen molar-refractivity contribution < 1.29 is 92.2 Å². The van der Waals surface area contributed by atoms with E-state index in [1.807, 2.05) is 0 Å². The molecule has 0 unspecified atom stereocenters. The average molecular weight is 520 g/mol. The molecule has 0 saturated carbocycles. The summed E-state index contributed by atoms with van der Waals surface area (Å²) >= 11 is 0. The van der Waals surface area contributed by atoms with Crippen molar-refractivity contribution in [3.8, 4) is 0 Å². The largest absolute Gasteiger partial charge is 0.438 e. The van der Waals surface area contributed by atoms with Crippen LogP contribution in [-0.4, -0.2) is 60.0 Å². The smallest absolute Gasteiger partial charge is 0.216 e. The molecule has 21 heteroatoms. The molecule has 188 valence electrons. The van der Waals surface area contributed by atoms with Crippen LogP contribution in [0.4, 0.5) is 92.2 Å². The van der Waals surface area contributed by atoms with Crippen LogP contribution in [0.25, 0.3) is 0 Å². The third kappa shape index (κ3) is 3.43. The van der Waals surface area contributed by atoms with E-state index in [-0.39, 0.29) is 0 Å². The van der Waals surface area contributed by atoms with Gasteiger partial charge >= 0.3 is 60.0 Å². The maximum Gasteiger partial charge on any atom is 0.438 e. The molecule has 0 radical (unpaired) electrons. The SMILES string of the molecule is FC(F)C(F)(F)C(F)(F)C(F)(F)C(F)(F)C(F)(F)C(F)(F)C(F)(C(F)(F)F)C(F)(F)F. The highest BCUT2D eigenvalue weighted by Gasteiger charge is 2.98. The Morgan fingerprint density at radius 3 is 0.774 bits per heavy atom. The molecule has 0 saturated heterocycles. The molecule has 0 fully saturated rings. The van der Waals surface area contributed by atoms with Gasteiger partial charge in [0.15, 0.2) is 0 Å². The van der Waals surface area contributed by atoms with E-state index in [1.165, 1.54) is 0 Å². The van der Waals surface area contributed by atoms with Crippen molar-refractivity contribution in [3.63, 3.8) is 0 Å². The molecular weight excluding hydrogens is 519 g/mol. The zero-order chi connectivity index (χ0) is 26.1. The molecule has 0 aromatic carbocycles. The first-order chi connectivity index (χ1) is 12.9. The van der Waals surface area contributed by atoms with Gasteiger partial charge in [-0.2, -0.15) is 79.0 Å². The highest BCUT2D eigenvalue weighted by atomic mass is 19.4. The van der Waals surface area contributed by atoms with Crippen molar-refractivity contribution in [2.75, 3.05) is 0 Å². The zero-order valence-electron chi connectivity index (χ0n) is 13.0. The first-order valence-corrected chi connectivity index (χ1v) is 6.32. The molecule has 0 N–H and O–H groups in total. The maximum absolute atomic E-state index is 13.2. The first-order valence-electron chi connectivity index (χ1n) is 6.32. The molecule has 0 bridgehead atoms. The lowest BCUT2D eigenvalue weighted by Crippen LogP contribution is -2.78. The summed E-state index contributed by atoms with van der Waals surface area (Å²) in [5.74, 6) is -52.7. The van der Waals surface area contributed by atoms with E-state index >= 15 is 0 Å². The third-order valence-electron chi connectivity index (χ3n) is 3.48. The van der Waals surface area contributed by atoms with Crippen LogP contribution in [0.5, 0.6) is 0 Å². The number of rotatable bonds is 7. The minimum absolute atomic E-state index is 6.14. The van der Waals surface area contributed by atoms with E-state index in [4.69, 9.17) is 0 Å². The van der Waals surface area contributed by atoms with Crippen LogP contribution < -0.4 is 0 Å². The normalized spacial score (nSPS) is 16.8. The van der Waals surface area contributed by atoms with E-state index in [9.17, 15) is 92.2 Å². The van der Waals surface area contributed by atoms with Gasteiger partial charge in [-0.1, -0.05) is 0 Å². The molecule has 0 atom stereocenters. The molecule has 0 rings (SSSR count). The third-order valence-corrected chi connectivity index (χ3v) is 3.48. The van der Waals surface area contributed by atoms with Crippen molar-refractivity contribution in [1.82, 2.24) is 0 Å². The molecule has 0 nitrogen and oxygen atoms in total. The van der Waals surface area contributed by atoms with Gasteiger partial charge in [0.2, 0.25) is 0 Å². The molecule has 0 aliphatic heterocycles. The lowest BCUT2D eigenvalue weighted by molar-refractivity contribution is -0.474. The van der Waals surface area contributed by atoms with Gasteiger partial charge in [-0.05, 0) is 0 Å². The maximum atomic E-state index is 13.2. The van der Waals surface area contributed by atoms with E-state index in [0.717, 1.165) is 0 Å². The van der Waals surface area contributed by atoms with Gasteiger partial charge < -0.3 is 0 Å². The van der Waals surface area contributed by atoms with E-state index in [1.54, 1.807) is 0 Å². The molecule has 0 spiro atoms. The monoisotopic (exact) mass is 520 g/mol. The van der Waals surface area contributed by atoms with Gasteiger partial charge in [0, 0.05) is 0 Å². The van der Waals surface area contributed by atoms with Crippen LogP contribution >= 0.6 is 0 Å². The molecule has 0 aliphatic carbocycles. The highest BCUT2D eigenvalue weighted by molar-refractivity contribution is 5.19. The van der Waals surface area contributed by atoms with Gasteiger partial charge in [0.25, 0.3) is 0 Å². The summed E-state index contributed by atoms with van der Waals surface area (Å²) < 4.78 is 265. The van der Waals surface area contributed by atoms with Gasteiger partial charge in [-0.25, -0.2) is 13.2 Å². The quantitative estimate of drug-likeness (QED) is 0.321. The Kier molecular flexibility index (Phi) is 6.68. The molecular formula is C10HF21. The van der Waals surface area contributed by atoms with Crippen LogP contribution in [0.3, 0.4) is 0 Å². The van der Waals surface area contributed by atoms with Crippen LogP contribution in [0.2, 0.25) is 0 Å². The first kappa shape index (κ1) is 29.5. The van der Waals surface area contributed by atoms with Gasteiger partial charge in [0.05, 0.1) is 0 Å². The Bertz CT molecular complexity index is 632. The molecule has 0 aromatic heterocycles. The Labute approximate surface area is 153 Å². The average Bonchev–Trinajstić information content (AvgIpc) is 2.50. The van der Waals surface area contributed by atoms with E-state index in [0.29, 0.717) is 0 Å². The summed E-state index contributed by atoms with van der Waals surface area (Å²) in [6, 6.07) is 0.